The number of hydrogen-bond acceptors (Lipinski definition) is 7. The van der Waals surface area contributed by atoms with Gasteiger partial charge < -0.3 is 15.3 Å². The van der Waals surface area contributed by atoms with Crippen molar-refractivity contribution in [3.63, 3.8) is 0 Å². The van der Waals surface area contributed by atoms with E-state index in [0.29, 0.717) is 25.2 Å². The molecule has 0 aromatic heterocycles. The van der Waals surface area contributed by atoms with Gasteiger partial charge in [-0.15, -0.1) is 10.1 Å². The monoisotopic (exact) mass is 252 g/mol. The molecule has 0 aliphatic heterocycles. The quantitative estimate of drug-likeness (QED) is 0.242. The second-order valence-electron chi connectivity index (χ2n) is 3.03. The van der Waals surface area contributed by atoms with Crippen LogP contribution in [0.25, 0.3) is 0 Å². The van der Waals surface area contributed by atoms with Crippen molar-refractivity contribution in [1.82, 2.24) is 0 Å². The summed E-state index contributed by atoms with van der Waals surface area (Å²) in [4.78, 5) is 25.0. The third-order valence-corrected chi connectivity index (χ3v) is 2.14. The van der Waals surface area contributed by atoms with E-state index in [0.717, 1.165) is 0 Å². The molecule has 0 bridgehead atoms. The van der Waals surface area contributed by atoms with Gasteiger partial charge in [0.1, 0.15) is 12.4 Å². The second kappa shape index (κ2) is 9.37. The summed E-state index contributed by atoms with van der Waals surface area (Å²) < 4.78 is 5.01. The van der Waals surface area contributed by atoms with Gasteiger partial charge >= 0.3 is 0 Å². The van der Waals surface area contributed by atoms with Crippen LogP contribution < -0.4 is 5.73 Å². The fourth-order valence-electron chi connectivity index (χ4n) is 0.908. The Labute approximate surface area is 98.8 Å². The summed E-state index contributed by atoms with van der Waals surface area (Å²) in [5.41, 5.74) is 5.45. The number of carbonyl (C=O) groups is 1. The van der Waals surface area contributed by atoms with E-state index in [9.17, 15) is 14.9 Å². The number of Topliss-reactive ketones (excluding diaryl/α,β-unsaturated/α-hetero) is 1. The van der Waals surface area contributed by atoms with Gasteiger partial charge in [0.15, 0.2) is 0 Å². The Hall–Kier alpha value is -0.860. The van der Waals surface area contributed by atoms with E-state index in [1.807, 2.05) is 0 Å². The number of ketones is 1. The molecule has 0 aliphatic rings. The van der Waals surface area contributed by atoms with Gasteiger partial charge in [0.25, 0.3) is 5.09 Å². The molecule has 1 unspecified atom stereocenters. The van der Waals surface area contributed by atoms with Crippen LogP contribution in [0.2, 0.25) is 0 Å². The van der Waals surface area contributed by atoms with E-state index in [4.69, 9.17) is 10.5 Å². The van der Waals surface area contributed by atoms with E-state index in [1.54, 1.807) is 0 Å². The van der Waals surface area contributed by atoms with E-state index >= 15 is 0 Å². The van der Waals surface area contributed by atoms with Crippen molar-refractivity contribution in [1.29, 1.82) is 0 Å². The lowest BCUT2D eigenvalue weighted by atomic mass is 10.1. The molecule has 1 atom stereocenters. The number of nitrogens with zero attached hydrogens (tertiary/aromatic N) is 1. The topological polar surface area (TPSA) is 105 Å². The standard InChI is InChI=1S/C8H16N2O5S/c9-7(6-16)8(11)2-1-3-14-4-5-15-10(12)13/h7,16H,1-6,9H2. The Morgan fingerprint density at radius 1 is 1.44 bits per heavy atom. The van der Waals surface area contributed by atoms with Gasteiger partial charge in [-0.1, -0.05) is 0 Å². The zero-order valence-electron chi connectivity index (χ0n) is 8.83. The van der Waals surface area contributed by atoms with Gasteiger partial charge in [0.2, 0.25) is 0 Å². The van der Waals surface area contributed by atoms with Gasteiger partial charge in [0, 0.05) is 18.8 Å². The Balaban J connectivity index is 3.27. The molecular weight excluding hydrogens is 236 g/mol. The summed E-state index contributed by atoms with van der Waals surface area (Å²) in [6.45, 7) is 0.386. The summed E-state index contributed by atoms with van der Waals surface area (Å²) in [5.74, 6) is 0.274. The molecule has 0 aromatic carbocycles. The molecule has 0 heterocycles. The Morgan fingerprint density at radius 2 is 2.12 bits per heavy atom. The largest absolute Gasteiger partial charge is 0.379 e. The minimum absolute atomic E-state index is 0.0554. The maximum atomic E-state index is 11.2. The average Bonchev–Trinajstić information content (AvgIpc) is 2.25. The summed E-state index contributed by atoms with van der Waals surface area (Å²) >= 11 is 3.91. The Morgan fingerprint density at radius 3 is 2.69 bits per heavy atom. The predicted molar refractivity (Wildman–Crippen MR) is 59.8 cm³/mol. The molecule has 2 N–H and O–H groups in total. The molecule has 0 saturated carbocycles. The van der Waals surface area contributed by atoms with Crippen molar-refractivity contribution >= 4 is 18.4 Å². The number of carbonyl (C=O) groups excluding carboxylic acids is 1. The first kappa shape index (κ1) is 15.1. The molecule has 0 amide bonds. The molecule has 0 fully saturated rings. The molecule has 0 saturated heterocycles. The molecule has 94 valence electrons. The van der Waals surface area contributed by atoms with Crippen LogP contribution in [-0.2, 0) is 14.4 Å². The van der Waals surface area contributed by atoms with Crippen LogP contribution in [0, 0.1) is 10.1 Å². The van der Waals surface area contributed by atoms with Crippen LogP contribution >= 0.6 is 12.6 Å². The fraction of sp³-hybridized carbons (Fsp3) is 0.875. The van der Waals surface area contributed by atoms with Crippen LogP contribution in [-0.4, -0.2) is 42.5 Å². The van der Waals surface area contributed by atoms with Crippen LogP contribution in [0.1, 0.15) is 12.8 Å². The third-order valence-electron chi connectivity index (χ3n) is 1.75. The van der Waals surface area contributed by atoms with Crippen molar-refractivity contribution in [2.75, 3.05) is 25.6 Å². The lowest BCUT2D eigenvalue weighted by Gasteiger charge is -2.07. The molecule has 8 heteroatoms. The zero-order valence-corrected chi connectivity index (χ0v) is 9.73. The molecule has 7 nitrogen and oxygen atoms in total. The van der Waals surface area contributed by atoms with Gasteiger partial charge in [-0.2, -0.15) is 12.6 Å². The van der Waals surface area contributed by atoms with Crippen molar-refractivity contribution in [2.45, 2.75) is 18.9 Å². The first-order valence-corrected chi connectivity index (χ1v) is 5.45. The van der Waals surface area contributed by atoms with Gasteiger partial charge in [0.05, 0.1) is 12.6 Å². The minimum Gasteiger partial charge on any atom is -0.379 e. The normalized spacial score (nSPS) is 12.1. The first-order chi connectivity index (χ1) is 7.57. The van der Waals surface area contributed by atoms with Crippen molar-refractivity contribution < 1.29 is 19.5 Å². The Bertz CT molecular complexity index is 226. The summed E-state index contributed by atoms with van der Waals surface area (Å²) in [5, 5.41) is 8.87. The minimum atomic E-state index is -0.876. The van der Waals surface area contributed by atoms with Crippen LogP contribution in [0.3, 0.4) is 0 Å². The molecule has 16 heavy (non-hydrogen) atoms. The van der Waals surface area contributed by atoms with Gasteiger partial charge in [-0.25, -0.2) is 0 Å². The number of hydrogen-bond donors (Lipinski definition) is 2. The maximum Gasteiger partial charge on any atom is 0.294 e. The lowest BCUT2D eigenvalue weighted by molar-refractivity contribution is -0.758. The van der Waals surface area contributed by atoms with E-state index in [2.05, 4.69) is 17.5 Å². The highest BCUT2D eigenvalue weighted by atomic mass is 32.1. The molecular formula is C8H16N2O5S. The van der Waals surface area contributed by atoms with E-state index in [1.165, 1.54) is 0 Å². The molecule has 0 aliphatic carbocycles. The molecule has 0 aromatic rings. The number of thiol groups is 1. The third kappa shape index (κ3) is 8.45. The van der Waals surface area contributed by atoms with Gasteiger partial charge in [-0.3, -0.25) is 4.79 Å². The first-order valence-electron chi connectivity index (χ1n) is 4.82. The van der Waals surface area contributed by atoms with Gasteiger partial charge in [-0.05, 0) is 6.42 Å². The fourth-order valence-corrected chi connectivity index (χ4v) is 1.11. The summed E-state index contributed by atoms with van der Waals surface area (Å²) in [6, 6.07) is -0.527. The lowest BCUT2D eigenvalue weighted by Crippen LogP contribution is -2.32. The highest BCUT2D eigenvalue weighted by Gasteiger charge is 2.10. The number of ether oxygens (including phenoxy) is 1. The summed E-state index contributed by atoms with van der Waals surface area (Å²) in [7, 11) is 0. The van der Waals surface area contributed by atoms with Crippen LogP contribution in [0.4, 0.5) is 0 Å². The Kier molecular flexibility index (Phi) is 8.87. The molecule has 0 rings (SSSR count). The highest BCUT2D eigenvalue weighted by molar-refractivity contribution is 7.80. The number of rotatable bonds is 10. The zero-order chi connectivity index (χ0) is 12.4. The van der Waals surface area contributed by atoms with Crippen LogP contribution in [0.5, 0.6) is 0 Å². The molecule has 0 radical (unpaired) electrons. The van der Waals surface area contributed by atoms with Crippen molar-refractivity contribution in [2.24, 2.45) is 5.73 Å². The van der Waals surface area contributed by atoms with Crippen molar-refractivity contribution in [3.8, 4) is 0 Å². The maximum absolute atomic E-state index is 11.2. The highest BCUT2D eigenvalue weighted by Crippen LogP contribution is 1.97. The smallest absolute Gasteiger partial charge is 0.294 e. The predicted octanol–water partition coefficient (Wildman–Crippen LogP) is -0.182. The second-order valence-corrected chi connectivity index (χ2v) is 3.39. The summed E-state index contributed by atoms with van der Waals surface area (Å²) in [6.07, 6.45) is 0.872. The molecule has 0 spiro atoms. The van der Waals surface area contributed by atoms with Crippen molar-refractivity contribution in [3.05, 3.63) is 10.1 Å². The van der Waals surface area contributed by atoms with E-state index in [-0.39, 0.29) is 19.0 Å². The van der Waals surface area contributed by atoms with E-state index < -0.39 is 11.1 Å². The SMILES string of the molecule is NC(CS)C(=O)CCCOCCO[N+](=O)[O-]. The van der Waals surface area contributed by atoms with Crippen LogP contribution in [0.15, 0.2) is 0 Å². The average molecular weight is 252 g/mol. The number of nitrogens with two attached hydrogens (primary N) is 1.